The van der Waals surface area contributed by atoms with E-state index in [1.165, 1.54) is 17.4 Å². The molecular weight excluding hydrogens is 435 g/mol. The highest BCUT2D eigenvalue weighted by Gasteiger charge is 2.16. The first kappa shape index (κ1) is 20.9. The predicted octanol–water partition coefficient (Wildman–Crippen LogP) is 6.48. The highest BCUT2D eigenvalue weighted by atomic mass is 35.5. The van der Waals surface area contributed by atoms with E-state index < -0.39 is 10.0 Å². The Morgan fingerprint density at radius 1 is 1.11 bits per heavy atom. The minimum absolute atomic E-state index is 0.331. The molecule has 0 saturated heterocycles. The fourth-order valence-electron chi connectivity index (χ4n) is 2.55. The number of rotatable bonds is 7. The number of benzene rings is 2. The Labute approximate surface area is 178 Å². The van der Waals surface area contributed by atoms with Gasteiger partial charge in [0.1, 0.15) is 0 Å². The van der Waals surface area contributed by atoms with E-state index >= 15 is 0 Å². The molecule has 0 saturated carbocycles. The number of halogens is 2. The fraction of sp³-hybridized carbons (Fsp3) is 0.150. The first-order valence-electron chi connectivity index (χ1n) is 8.59. The Balaban J connectivity index is 1.86. The van der Waals surface area contributed by atoms with Crippen molar-refractivity contribution < 1.29 is 8.42 Å². The van der Waals surface area contributed by atoms with Gasteiger partial charge in [0.2, 0.25) is 0 Å². The SMILES string of the molecule is CCCc1sc(NS(=O)(=O)/C=C/c2ccccc2Cl)nc1-c1ccc(Cl)cc1. The minimum Gasteiger partial charge on any atom is -0.255 e. The van der Waals surface area contributed by atoms with Crippen LogP contribution >= 0.6 is 34.5 Å². The molecule has 3 aromatic rings. The number of thiazole rings is 1. The molecule has 0 aliphatic carbocycles. The average Bonchev–Trinajstić information content (AvgIpc) is 3.03. The van der Waals surface area contributed by atoms with Crippen molar-refractivity contribution in [3.05, 3.63) is 74.4 Å². The molecular formula is C20H18Cl2N2O2S2. The van der Waals surface area contributed by atoms with Crippen molar-refractivity contribution in [3.63, 3.8) is 0 Å². The molecule has 8 heteroatoms. The Morgan fingerprint density at radius 2 is 1.82 bits per heavy atom. The predicted molar refractivity (Wildman–Crippen MR) is 120 cm³/mol. The van der Waals surface area contributed by atoms with Crippen LogP contribution in [0, 0.1) is 0 Å². The first-order chi connectivity index (χ1) is 13.4. The molecule has 1 aromatic heterocycles. The topological polar surface area (TPSA) is 59.1 Å². The van der Waals surface area contributed by atoms with Crippen molar-refractivity contribution in [2.45, 2.75) is 19.8 Å². The Hall–Kier alpha value is -1.86. The normalized spacial score (nSPS) is 11.8. The second-order valence-electron chi connectivity index (χ2n) is 6.02. The van der Waals surface area contributed by atoms with Crippen LogP contribution in [-0.4, -0.2) is 13.4 Å². The van der Waals surface area contributed by atoms with Crippen molar-refractivity contribution in [2.24, 2.45) is 0 Å². The number of hydrogen-bond acceptors (Lipinski definition) is 4. The Morgan fingerprint density at radius 3 is 2.50 bits per heavy atom. The van der Waals surface area contributed by atoms with Crippen molar-refractivity contribution in [1.29, 1.82) is 0 Å². The van der Waals surface area contributed by atoms with Gasteiger partial charge in [0.15, 0.2) is 5.13 Å². The van der Waals surface area contributed by atoms with Crippen LogP contribution in [0.2, 0.25) is 10.0 Å². The number of aryl methyl sites for hydroxylation is 1. The maximum Gasteiger partial charge on any atom is 0.256 e. The third-order valence-electron chi connectivity index (χ3n) is 3.85. The zero-order valence-corrected chi connectivity index (χ0v) is 18.2. The molecule has 146 valence electrons. The van der Waals surface area contributed by atoms with E-state index in [0.29, 0.717) is 20.7 Å². The van der Waals surface area contributed by atoms with E-state index in [9.17, 15) is 8.42 Å². The van der Waals surface area contributed by atoms with Crippen molar-refractivity contribution >= 4 is 55.8 Å². The van der Waals surface area contributed by atoms with Crippen LogP contribution < -0.4 is 4.72 Å². The van der Waals surface area contributed by atoms with Crippen LogP contribution in [-0.2, 0) is 16.4 Å². The molecule has 1 heterocycles. The highest BCUT2D eigenvalue weighted by molar-refractivity contribution is 7.95. The van der Waals surface area contributed by atoms with Crippen molar-refractivity contribution in [3.8, 4) is 11.3 Å². The van der Waals surface area contributed by atoms with Gasteiger partial charge in [0.25, 0.3) is 10.0 Å². The van der Waals surface area contributed by atoms with Gasteiger partial charge in [-0.15, -0.1) is 11.3 Å². The minimum atomic E-state index is -3.72. The summed E-state index contributed by atoms with van der Waals surface area (Å²) in [6, 6.07) is 14.4. The molecule has 3 rings (SSSR count). The van der Waals surface area contributed by atoms with Gasteiger partial charge in [-0.2, -0.15) is 0 Å². The quantitative estimate of drug-likeness (QED) is 0.445. The molecule has 4 nitrogen and oxygen atoms in total. The van der Waals surface area contributed by atoms with E-state index in [1.54, 1.807) is 36.4 Å². The zero-order valence-electron chi connectivity index (χ0n) is 15.0. The average molecular weight is 453 g/mol. The summed E-state index contributed by atoms with van der Waals surface area (Å²) in [7, 11) is -3.72. The lowest BCUT2D eigenvalue weighted by Crippen LogP contribution is -2.08. The number of nitrogens with zero attached hydrogens (tertiary/aromatic N) is 1. The van der Waals surface area contributed by atoms with E-state index in [4.69, 9.17) is 23.2 Å². The molecule has 0 amide bonds. The van der Waals surface area contributed by atoms with Gasteiger partial charge in [-0.3, -0.25) is 4.72 Å². The van der Waals surface area contributed by atoms with E-state index in [1.807, 2.05) is 12.1 Å². The molecule has 0 unspecified atom stereocenters. The highest BCUT2D eigenvalue weighted by Crippen LogP contribution is 2.33. The van der Waals surface area contributed by atoms with Crippen LogP contribution in [0.25, 0.3) is 17.3 Å². The zero-order chi connectivity index (χ0) is 20.1. The summed E-state index contributed by atoms with van der Waals surface area (Å²) in [6.07, 6.45) is 3.21. The summed E-state index contributed by atoms with van der Waals surface area (Å²) in [6.45, 7) is 2.07. The van der Waals surface area contributed by atoms with Gasteiger partial charge in [-0.25, -0.2) is 13.4 Å². The maximum atomic E-state index is 12.5. The summed E-state index contributed by atoms with van der Waals surface area (Å²) < 4.78 is 27.4. The molecule has 0 fully saturated rings. The fourth-order valence-corrected chi connectivity index (χ4v) is 5.01. The van der Waals surface area contributed by atoms with Crippen LogP contribution in [0.4, 0.5) is 5.13 Å². The number of hydrogen-bond donors (Lipinski definition) is 1. The largest absolute Gasteiger partial charge is 0.256 e. The molecule has 0 atom stereocenters. The Bertz CT molecular complexity index is 1090. The van der Waals surface area contributed by atoms with Gasteiger partial charge >= 0.3 is 0 Å². The Kier molecular flexibility index (Phi) is 6.78. The number of sulfonamides is 1. The monoisotopic (exact) mass is 452 g/mol. The second kappa shape index (κ2) is 9.09. The lowest BCUT2D eigenvalue weighted by Gasteiger charge is -2.01. The van der Waals surface area contributed by atoms with Crippen LogP contribution in [0.1, 0.15) is 23.8 Å². The molecule has 2 aromatic carbocycles. The maximum absolute atomic E-state index is 12.5. The second-order valence-corrected chi connectivity index (χ2v) is 9.51. The molecule has 0 aliphatic rings. The van der Waals surface area contributed by atoms with Gasteiger partial charge in [0, 0.05) is 20.5 Å². The lowest BCUT2D eigenvalue weighted by atomic mass is 10.1. The van der Waals surface area contributed by atoms with Crippen LogP contribution in [0.3, 0.4) is 0 Å². The van der Waals surface area contributed by atoms with Crippen molar-refractivity contribution in [1.82, 2.24) is 4.98 Å². The van der Waals surface area contributed by atoms with Crippen LogP contribution in [0.15, 0.2) is 53.9 Å². The van der Waals surface area contributed by atoms with Gasteiger partial charge < -0.3 is 0 Å². The summed E-state index contributed by atoms with van der Waals surface area (Å²) in [4.78, 5) is 5.54. The number of anilines is 1. The summed E-state index contributed by atoms with van der Waals surface area (Å²) >= 11 is 13.4. The third-order valence-corrected chi connectivity index (χ3v) is 6.58. The molecule has 1 N–H and O–H groups in total. The summed E-state index contributed by atoms with van der Waals surface area (Å²) in [5.41, 5.74) is 2.31. The molecule has 0 bridgehead atoms. The standard InChI is InChI=1S/C20H18Cl2N2O2S2/c1-2-5-18-19(15-8-10-16(21)11-9-15)23-20(27-18)24-28(25,26)13-12-14-6-3-4-7-17(14)22/h3-4,6-13H,2,5H2,1H3,(H,23,24)/b13-12+. The molecule has 28 heavy (non-hydrogen) atoms. The van der Waals surface area contributed by atoms with Crippen LogP contribution in [0.5, 0.6) is 0 Å². The smallest absolute Gasteiger partial charge is 0.255 e. The third kappa shape index (κ3) is 5.35. The van der Waals surface area contributed by atoms with E-state index in [2.05, 4.69) is 16.6 Å². The molecule has 0 aliphatic heterocycles. The van der Waals surface area contributed by atoms with Crippen molar-refractivity contribution in [2.75, 3.05) is 4.72 Å². The summed E-state index contributed by atoms with van der Waals surface area (Å²) in [5.74, 6) is 0. The molecule has 0 radical (unpaired) electrons. The summed E-state index contributed by atoms with van der Waals surface area (Å²) in [5, 5.41) is 2.55. The first-order valence-corrected chi connectivity index (χ1v) is 11.7. The molecule has 0 spiro atoms. The van der Waals surface area contributed by atoms with Gasteiger partial charge in [-0.05, 0) is 36.3 Å². The number of nitrogens with one attached hydrogen (secondary N) is 1. The lowest BCUT2D eigenvalue weighted by molar-refractivity contribution is 0.609. The van der Waals surface area contributed by atoms with Gasteiger partial charge in [-0.1, -0.05) is 66.9 Å². The number of aromatic nitrogens is 1. The van der Waals surface area contributed by atoms with E-state index in [-0.39, 0.29) is 0 Å². The van der Waals surface area contributed by atoms with Gasteiger partial charge in [0.05, 0.1) is 11.1 Å². The van der Waals surface area contributed by atoms with E-state index in [0.717, 1.165) is 34.4 Å².